The van der Waals surface area contributed by atoms with E-state index in [1.54, 1.807) is 0 Å². The standard InChI is InChI=1S/C16H18INO/c1-12(2)19-14-9-7-13(8-10-14)11-18-16-6-4-3-5-15(16)17/h3-10,12,18H,11H2,1-2H3. The van der Waals surface area contributed by atoms with E-state index in [0.29, 0.717) is 0 Å². The van der Waals surface area contributed by atoms with E-state index >= 15 is 0 Å². The summed E-state index contributed by atoms with van der Waals surface area (Å²) >= 11 is 2.34. The van der Waals surface area contributed by atoms with Gasteiger partial charge in [-0.15, -0.1) is 0 Å². The zero-order chi connectivity index (χ0) is 13.7. The topological polar surface area (TPSA) is 21.3 Å². The van der Waals surface area contributed by atoms with Gasteiger partial charge in [0.2, 0.25) is 0 Å². The molecule has 0 aliphatic heterocycles. The molecule has 0 spiro atoms. The van der Waals surface area contributed by atoms with Crippen molar-refractivity contribution in [2.24, 2.45) is 0 Å². The van der Waals surface area contributed by atoms with Crippen LogP contribution in [0.2, 0.25) is 0 Å². The Morgan fingerprint density at radius 3 is 2.37 bits per heavy atom. The number of rotatable bonds is 5. The van der Waals surface area contributed by atoms with Gasteiger partial charge in [-0.3, -0.25) is 0 Å². The smallest absolute Gasteiger partial charge is 0.119 e. The van der Waals surface area contributed by atoms with Crippen molar-refractivity contribution >= 4 is 28.3 Å². The van der Waals surface area contributed by atoms with Crippen LogP contribution in [-0.2, 0) is 6.54 Å². The van der Waals surface area contributed by atoms with Crippen molar-refractivity contribution in [1.29, 1.82) is 0 Å². The second kappa shape index (κ2) is 6.80. The van der Waals surface area contributed by atoms with Gasteiger partial charge >= 0.3 is 0 Å². The van der Waals surface area contributed by atoms with Gasteiger partial charge in [-0.25, -0.2) is 0 Å². The van der Waals surface area contributed by atoms with Crippen LogP contribution in [0.25, 0.3) is 0 Å². The monoisotopic (exact) mass is 367 g/mol. The van der Waals surface area contributed by atoms with Crippen LogP contribution in [0.4, 0.5) is 5.69 Å². The van der Waals surface area contributed by atoms with Gasteiger partial charge in [0.05, 0.1) is 6.10 Å². The average molecular weight is 367 g/mol. The lowest BCUT2D eigenvalue weighted by Gasteiger charge is -2.11. The Kier molecular flexibility index (Phi) is 5.07. The van der Waals surface area contributed by atoms with Crippen molar-refractivity contribution in [3.8, 4) is 5.75 Å². The molecule has 0 amide bonds. The highest BCUT2D eigenvalue weighted by molar-refractivity contribution is 14.1. The zero-order valence-electron chi connectivity index (χ0n) is 11.2. The predicted molar refractivity (Wildman–Crippen MR) is 88.7 cm³/mol. The van der Waals surface area contributed by atoms with E-state index in [1.807, 2.05) is 38.1 Å². The van der Waals surface area contributed by atoms with Crippen LogP contribution in [-0.4, -0.2) is 6.10 Å². The first-order valence-electron chi connectivity index (χ1n) is 6.39. The van der Waals surface area contributed by atoms with Crippen LogP contribution in [0.1, 0.15) is 19.4 Å². The van der Waals surface area contributed by atoms with Crippen molar-refractivity contribution in [2.45, 2.75) is 26.5 Å². The number of hydrogen-bond acceptors (Lipinski definition) is 2. The molecule has 0 saturated heterocycles. The molecule has 0 aliphatic rings. The highest BCUT2D eigenvalue weighted by Gasteiger charge is 2.00. The van der Waals surface area contributed by atoms with E-state index in [9.17, 15) is 0 Å². The first kappa shape index (κ1) is 14.2. The zero-order valence-corrected chi connectivity index (χ0v) is 13.3. The van der Waals surface area contributed by atoms with Gasteiger partial charge in [0.1, 0.15) is 5.75 Å². The van der Waals surface area contributed by atoms with Crippen molar-refractivity contribution in [1.82, 2.24) is 0 Å². The summed E-state index contributed by atoms with van der Waals surface area (Å²) in [5, 5.41) is 3.44. The Labute approximate surface area is 128 Å². The molecule has 19 heavy (non-hydrogen) atoms. The quantitative estimate of drug-likeness (QED) is 0.775. The van der Waals surface area contributed by atoms with Crippen molar-refractivity contribution < 1.29 is 4.74 Å². The fourth-order valence-corrected chi connectivity index (χ4v) is 2.34. The molecular weight excluding hydrogens is 349 g/mol. The summed E-state index contributed by atoms with van der Waals surface area (Å²) in [7, 11) is 0. The van der Waals surface area contributed by atoms with Gasteiger partial charge in [0.15, 0.2) is 0 Å². The number of anilines is 1. The van der Waals surface area contributed by atoms with Gasteiger partial charge < -0.3 is 10.1 Å². The second-order valence-electron chi connectivity index (χ2n) is 4.64. The third-order valence-electron chi connectivity index (χ3n) is 2.65. The van der Waals surface area contributed by atoms with Crippen LogP contribution in [0, 0.1) is 3.57 Å². The molecule has 0 fully saturated rings. The van der Waals surface area contributed by atoms with Crippen molar-refractivity contribution in [2.75, 3.05) is 5.32 Å². The maximum Gasteiger partial charge on any atom is 0.119 e. The average Bonchev–Trinajstić information content (AvgIpc) is 2.39. The highest BCUT2D eigenvalue weighted by atomic mass is 127. The summed E-state index contributed by atoms with van der Waals surface area (Å²) in [5.41, 5.74) is 2.42. The fourth-order valence-electron chi connectivity index (χ4n) is 1.76. The SMILES string of the molecule is CC(C)Oc1ccc(CNc2ccccc2I)cc1. The van der Waals surface area contributed by atoms with Crippen molar-refractivity contribution in [3.63, 3.8) is 0 Å². The normalized spacial score (nSPS) is 10.5. The molecule has 0 atom stereocenters. The Balaban J connectivity index is 1.95. The summed E-state index contributed by atoms with van der Waals surface area (Å²) in [4.78, 5) is 0. The maximum absolute atomic E-state index is 5.63. The Bertz CT molecular complexity index is 523. The summed E-state index contributed by atoms with van der Waals surface area (Å²) in [6.45, 7) is 4.89. The molecule has 0 saturated carbocycles. The predicted octanol–water partition coefficient (Wildman–Crippen LogP) is 4.69. The van der Waals surface area contributed by atoms with Gasteiger partial charge in [-0.05, 0) is 66.3 Å². The van der Waals surface area contributed by atoms with Crippen LogP contribution in [0.5, 0.6) is 5.75 Å². The minimum atomic E-state index is 0.217. The summed E-state index contributed by atoms with van der Waals surface area (Å²) in [5.74, 6) is 0.924. The first-order valence-corrected chi connectivity index (χ1v) is 7.47. The molecule has 0 bridgehead atoms. The summed E-state index contributed by atoms with van der Waals surface area (Å²) in [6.07, 6.45) is 0.217. The van der Waals surface area contributed by atoms with Crippen LogP contribution in [0.15, 0.2) is 48.5 Å². The summed E-state index contributed by atoms with van der Waals surface area (Å²) in [6, 6.07) is 16.5. The van der Waals surface area contributed by atoms with Crippen molar-refractivity contribution in [3.05, 3.63) is 57.7 Å². The van der Waals surface area contributed by atoms with Crippen LogP contribution >= 0.6 is 22.6 Å². The minimum absolute atomic E-state index is 0.217. The molecule has 0 radical (unpaired) electrons. The Morgan fingerprint density at radius 1 is 1.05 bits per heavy atom. The van der Waals surface area contributed by atoms with Crippen LogP contribution in [0.3, 0.4) is 0 Å². The molecule has 0 aliphatic carbocycles. The highest BCUT2D eigenvalue weighted by Crippen LogP contribution is 2.19. The largest absolute Gasteiger partial charge is 0.491 e. The van der Waals surface area contributed by atoms with Gasteiger partial charge in [0.25, 0.3) is 0 Å². The van der Waals surface area contributed by atoms with Gasteiger partial charge in [0, 0.05) is 15.8 Å². The molecule has 1 N–H and O–H groups in total. The molecule has 2 nitrogen and oxygen atoms in total. The molecule has 2 rings (SSSR count). The number of nitrogens with one attached hydrogen (secondary N) is 1. The van der Waals surface area contributed by atoms with Crippen LogP contribution < -0.4 is 10.1 Å². The molecule has 2 aromatic carbocycles. The molecule has 3 heteroatoms. The number of halogens is 1. The van der Waals surface area contributed by atoms with Gasteiger partial charge in [-0.2, -0.15) is 0 Å². The molecule has 0 aromatic heterocycles. The lowest BCUT2D eigenvalue weighted by atomic mass is 10.2. The maximum atomic E-state index is 5.63. The lowest BCUT2D eigenvalue weighted by molar-refractivity contribution is 0.242. The lowest BCUT2D eigenvalue weighted by Crippen LogP contribution is -2.05. The third-order valence-corrected chi connectivity index (χ3v) is 3.59. The molecular formula is C16H18INO. The molecule has 0 heterocycles. The Hall–Kier alpha value is -1.23. The van der Waals surface area contributed by atoms with Gasteiger partial charge in [-0.1, -0.05) is 24.3 Å². The molecule has 100 valence electrons. The number of hydrogen-bond donors (Lipinski definition) is 1. The fraction of sp³-hybridized carbons (Fsp3) is 0.250. The summed E-state index contributed by atoms with van der Waals surface area (Å²) < 4.78 is 6.87. The van der Waals surface area contributed by atoms with E-state index in [2.05, 4.69) is 52.2 Å². The Morgan fingerprint density at radius 2 is 1.74 bits per heavy atom. The minimum Gasteiger partial charge on any atom is -0.491 e. The third kappa shape index (κ3) is 4.42. The van der Waals surface area contributed by atoms with E-state index in [4.69, 9.17) is 4.74 Å². The van der Waals surface area contributed by atoms with E-state index in [-0.39, 0.29) is 6.10 Å². The second-order valence-corrected chi connectivity index (χ2v) is 5.81. The number of para-hydroxylation sites is 1. The van der Waals surface area contributed by atoms with E-state index in [1.165, 1.54) is 14.8 Å². The molecule has 2 aromatic rings. The molecule has 0 unspecified atom stereocenters. The first-order chi connectivity index (χ1) is 9.15. The van der Waals surface area contributed by atoms with E-state index in [0.717, 1.165) is 12.3 Å². The number of benzene rings is 2. The number of ether oxygens (including phenoxy) is 1. The van der Waals surface area contributed by atoms with E-state index < -0.39 is 0 Å².